The molecule has 2 amide bonds. The molecule has 1 unspecified atom stereocenters. The minimum absolute atomic E-state index is 0.0114. The maximum Gasteiger partial charge on any atom is 0.269 e. The summed E-state index contributed by atoms with van der Waals surface area (Å²) in [5.74, 6) is -1.68. The van der Waals surface area contributed by atoms with Crippen molar-refractivity contribution in [2.24, 2.45) is 4.99 Å². The molecule has 0 saturated heterocycles. The van der Waals surface area contributed by atoms with Crippen LogP contribution in [-0.2, 0) is 17.9 Å². The number of halogens is 1. The predicted octanol–water partition coefficient (Wildman–Crippen LogP) is 3.29. The summed E-state index contributed by atoms with van der Waals surface area (Å²) in [4.78, 5) is 36.0. The number of ether oxygens (including phenoxy) is 1. The Morgan fingerprint density at radius 1 is 1.15 bits per heavy atom. The Bertz CT molecular complexity index is 1630. The topological polar surface area (TPSA) is 131 Å². The van der Waals surface area contributed by atoms with Gasteiger partial charge in [-0.15, -0.1) is 0 Å². The highest BCUT2D eigenvalue weighted by Crippen LogP contribution is 2.34. The van der Waals surface area contributed by atoms with Gasteiger partial charge in [0.1, 0.15) is 17.1 Å². The van der Waals surface area contributed by atoms with Crippen molar-refractivity contribution in [1.29, 1.82) is 0 Å². The van der Waals surface area contributed by atoms with Gasteiger partial charge in [0, 0.05) is 35.9 Å². The highest BCUT2D eigenvalue weighted by atomic mass is 19.1. The third-order valence-corrected chi connectivity index (χ3v) is 6.79. The van der Waals surface area contributed by atoms with Gasteiger partial charge in [0.15, 0.2) is 0 Å². The number of fused-ring (bicyclic) bond motifs is 2. The van der Waals surface area contributed by atoms with Crippen molar-refractivity contribution in [1.82, 2.24) is 20.1 Å². The highest BCUT2D eigenvalue weighted by Gasteiger charge is 2.34. The van der Waals surface area contributed by atoms with E-state index in [1.807, 2.05) is 25.1 Å². The van der Waals surface area contributed by atoms with Crippen LogP contribution in [0.3, 0.4) is 0 Å². The first-order valence-corrected chi connectivity index (χ1v) is 12.8. The summed E-state index contributed by atoms with van der Waals surface area (Å²) in [6, 6.07) is 16.9. The number of nitrogens with one attached hydrogen (secondary N) is 2. The summed E-state index contributed by atoms with van der Waals surface area (Å²) >= 11 is 0. The fraction of sp³-hybridized carbons (Fsp3) is 0.207. The van der Waals surface area contributed by atoms with Crippen molar-refractivity contribution >= 4 is 23.2 Å². The molecule has 0 fully saturated rings. The van der Waals surface area contributed by atoms with Gasteiger partial charge in [0.25, 0.3) is 11.8 Å². The molecule has 0 spiro atoms. The molecule has 6 rings (SSSR count). The lowest BCUT2D eigenvalue weighted by atomic mass is 10.0. The SMILES string of the molecule is CC1CCn2nc(-c3ccc(CO)nc3)c(C(=O)N[C@H]3N=C(c4ccccc4)c4cccc(F)c4NC3=O)c2O1. The van der Waals surface area contributed by atoms with Crippen molar-refractivity contribution in [2.45, 2.75) is 38.8 Å². The molecular weight excluding hydrogens is 515 g/mol. The van der Waals surface area contributed by atoms with E-state index in [2.05, 4.69) is 25.7 Å². The molecule has 4 heterocycles. The van der Waals surface area contributed by atoms with Gasteiger partial charge >= 0.3 is 0 Å². The van der Waals surface area contributed by atoms with Gasteiger partial charge < -0.3 is 20.5 Å². The Balaban J connectivity index is 1.42. The van der Waals surface area contributed by atoms with E-state index < -0.39 is 23.8 Å². The van der Waals surface area contributed by atoms with E-state index in [0.29, 0.717) is 46.8 Å². The average molecular weight is 541 g/mol. The number of amides is 2. The zero-order valence-corrected chi connectivity index (χ0v) is 21.5. The van der Waals surface area contributed by atoms with Gasteiger partial charge in [-0.1, -0.05) is 42.5 Å². The number of aliphatic hydroxyl groups is 1. The molecule has 11 heteroatoms. The third kappa shape index (κ3) is 4.60. The minimum atomic E-state index is -1.38. The number of aromatic nitrogens is 3. The van der Waals surface area contributed by atoms with Crippen molar-refractivity contribution in [3.63, 3.8) is 0 Å². The number of hydrogen-bond donors (Lipinski definition) is 3. The van der Waals surface area contributed by atoms with Gasteiger partial charge in [0.2, 0.25) is 12.0 Å². The van der Waals surface area contributed by atoms with Crippen molar-refractivity contribution in [2.75, 3.05) is 5.32 Å². The summed E-state index contributed by atoms with van der Waals surface area (Å²) in [5.41, 5.74) is 2.83. The predicted molar refractivity (Wildman–Crippen MR) is 144 cm³/mol. The molecule has 4 aromatic rings. The first kappa shape index (κ1) is 25.4. The average Bonchev–Trinajstić information content (AvgIpc) is 3.28. The Hall–Kier alpha value is -4.90. The molecule has 202 valence electrons. The van der Waals surface area contributed by atoms with E-state index in [0.717, 1.165) is 0 Å². The Labute approximate surface area is 228 Å². The summed E-state index contributed by atoms with van der Waals surface area (Å²) in [7, 11) is 0. The van der Waals surface area contributed by atoms with Gasteiger partial charge in [-0.3, -0.25) is 14.6 Å². The lowest BCUT2D eigenvalue weighted by molar-refractivity contribution is -0.117. The maximum atomic E-state index is 14.8. The second-order valence-electron chi connectivity index (χ2n) is 9.54. The Kier molecular flexibility index (Phi) is 6.56. The standard InChI is InChI=1S/C29H25FN6O4/c1-16-12-13-36-29(40-16)22(24(35-36)18-10-11-19(15-37)31-14-18)27(38)34-26-28(39)33-25-20(8-5-9-21(25)30)23(32-26)17-6-3-2-4-7-17/h2-11,14,16,26,37H,12-13,15H2,1H3,(H,33,39)(H,34,38)/t16?,26-/m1/s1. The summed E-state index contributed by atoms with van der Waals surface area (Å²) < 4.78 is 22.5. The fourth-order valence-corrected chi connectivity index (χ4v) is 4.75. The second-order valence-corrected chi connectivity index (χ2v) is 9.54. The number of carbonyl (C=O) groups is 2. The zero-order chi connectivity index (χ0) is 27.8. The first-order chi connectivity index (χ1) is 19.4. The van der Waals surface area contributed by atoms with E-state index in [1.165, 1.54) is 18.3 Å². The highest BCUT2D eigenvalue weighted by molar-refractivity contribution is 6.20. The first-order valence-electron chi connectivity index (χ1n) is 12.8. The van der Waals surface area contributed by atoms with Crippen molar-refractivity contribution in [3.8, 4) is 17.1 Å². The number of benzodiazepines with no additional fused rings is 1. The molecule has 10 nitrogen and oxygen atoms in total. The summed E-state index contributed by atoms with van der Waals surface area (Å²) in [6.45, 7) is 2.21. The maximum absolute atomic E-state index is 14.8. The molecule has 0 bridgehead atoms. The van der Waals surface area contributed by atoms with E-state index in [1.54, 1.807) is 35.0 Å². The number of para-hydroxylation sites is 1. The van der Waals surface area contributed by atoms with Gasteiger partial charge in [0.05, 0.1) is 29.8 Å². The van der Waals surface area contributed by atoms with Crippen LogP contribution in [0.15, 0.2) is 71.9 Å². The van der Waals surface area contributed by atoms with Crippen LogP contribution in [0.4, 0.5) is 10.1 Å². The zero-order valence-electron chi connectivity index (χ0n) is 21.5. The molecular formula is C29H25FN6O4. The number of pyridine rings is 1. The summed E-state index contributed by atoms with van der Waals surface area (Å²) in [6.07, 6.45) is 0.689. The third-order valence-electron chi connectivity index (χ3n) is 6.79. The number of benzene rings is 2. The van der Waals surface area contributed by atoms with Crippen LogP contribution in [-0.4, -0.2) is 49.7 Å². The Morgan fingerprint density at radius 2 is 1.98 bits per heavy atom. The molecule has 2 atom stereocenters. The molecule has 40 heavy (non-hydrogen) atoms. The number of anilines is 1. The number of hydrogen-bond acceptors (Lipinski definition) is 7. The molecule has 0 saturated carbocycles. The van der Waals surface area contributed by atoms with Crippen LogP contribution in [0, 0.1) is 5.82 Å². The van der Waals surface area contributed by atoms with Crippen LogP contribution in [0.2, 0.25) is 0 Å². The smallest absolute Gasteiger partial charge is 0.269 e. The molecule has 0 radical (unpaired) electrons. The van der Waals surface area contributed by atoms with Crippen molar-refractivity contribution < 1.29 is 23.8 Å². The largest absolute Gasteiger partial charge is 0.474 e. The van der Waals surface area contributed by atoms with Crippen molar-refractivity contribution in [3.05, 3.63) is 95.1 Å². The molecule has 3 N–H and O–H groups in total. The minimum Gasteiger partial charge on any atom is -0.474 e. The van der Waals surface area contributed by atoms with E-state index in [9.17, 15) is 19.1 Å². The molecule has 2 aromatic carbocycles. The van der Waals surface area contributed by atoms with Crippen LogP contribution in [0.25, 0.3) is 11.3 Å². The summed E-state index contributed by atoms with van der Waals surface area (Å²) in [5, 5.41) is 19.3. The van der Waals surface area contributed by atoms with Crippen LogP contribution >= 0.6 is 0 Å². The number of aliphatic hydroxyl groups excluding tert-OH is 1. The van der Waals surface area contributed by atoms with Gasteiger partial charge in [-0.25, -0.2) is 14.1 Å². The number of carbonyl (C=O) groups excluding carboxylic acids is 2. The number of aliphatic imine (C=N–C) groups is 1. The number of aryl methyl sites for hydroxylation is 1. The quantitative estimate of drug-likeness (QED) is 0.356. The number of nitrogens with zero attached hydrogens (tertiary/aromatic N) is 4. The van der Waals surface area contributed by atoms with E-state index >= 15 is 0 Å². The van der Waals surface area contributed by atoms with Crippen LogP contribution in [0.1, 0.15) is 40.5 Å². The monoisotopic (exact) mass is 540 g/mol. The number of rotatable bonds is 5. The second kappa shape index (κ2) is 10.3. The Morgan fingerprint density at radius 3 is 2.73 bits per heavy atom. The molecule has 2 aliphatic rings. The van der Waals surface area contributed by atoms with E-state index in [-0.39, 0.29) is 29.8 Å². The van der Waals surface area contributed by atoms with Gasteiger partial charge in [-0.2, -0.15) is 5.10 Å². The fourth-order valence-electron chi connectivity index (χ4n) is 4.75. The van der Waals surface area contributed by atoms with E-state index in [4.69, 9.17) is 4.74 Å². The lowest BCUT2D eigenvalue weighted by Gasteiger charge is -2.22. The van der Waals surface area contributed by atoms with Gasteiger partial charge in [-0.05, 0) is 25.1 Å². The normalized spacial score (nSPS) is 18.0. The van der Waals surface area contributed by atoms with Crippen LogP contribution < -0.4 is 15.4 Å². The lowest BCUT2D eigenvalue weighted by Crippen LogP contribution is -2.42. The van der Waals surface area contributed by atoms with Crippen LogP contribution in [0.5, 0.6) is 5.88 Å². The molecule has 0 aliphatic carbocycles. The molecule has 2 aliphatic heterocycles. The molecule has 2 aromatic heterocycles.